The average molecular weight is 281 g/mol. The van der Waals surface area contributed by atoms with E-state index in [1.54, 1.807) is 0 Å². The molecule has 2 aromatic carbocycles. The van der Waals surface area contributed by atoms with Gasteiger partial charge in [0.15, 0.2) is 0 Å². The standard InChI is InChI=1S/C18H19NO2/c1-21-18(20)17(14-7-3-2-4-8-14)13-19-11-15-9-5-6-10-16(15)12-19/h2-10,17H,11-13H2,1H3. The Balaban J connectivity index is 1.76. The summed E-state index contributed by atoms with van der Waals surface area (Å²) < 4.78 is 4.99. The lowest BCUT2D eigenvalue weighted by molar-refractivity contribution is -0.143. The quantitative estimate of drug-likeness (QED) is 0.807. The topological polar surface area (TPSA) is 29.5 Å². The molecule has 0 radical (unpaired) electrons. The van der Waals surface area contributed by atoms with Gasteiger partial charge in [-0.15, -0.1) is 0 Å². The van der Waals surface area contributed by atoms with Crippen LogP contribution in [-0.2, 0) is 22.6 Å². The van der Waals surface area contributed by atoms with Gasteiger partial charge in [-0.1, -0.05) is 54.6 Å². The molecule has 1 aliphatic rings. The van der Waals surface area contributed by atoms with Gasteiger partial charge >= 0.3 is 5.97 Å². The monoisotopic (exact) mass is 281 g/mol. The smallest absolute Gasteiger partial charge is 0.314 e. The molecule has 1 atom stereocenters. The van der Waals surface area contributed by atoms with Crippen LogP contribution in [0.3, 0.4) is 0 Å². The lowest BCUT2D eigenvalue weighted by Crippen LogP contribution is -2.29. The normalized spacial score (nSPS) is 15.5. The summed E-state index contributed by atoms with van der Waals surface area (Å²) in [6.45, 7) is 2.48. The van der Waals surface area contributed by atoms with E-state index < -0.39 is 0 Å². The first-order valence-corrected chi connectivity index (χ1v) is 7.20. The molecule has 0 aromatic heterocycles. The van der Waals surface area contributed by atoms with E-state index in [4.69, 9.17) is 4.74 Å². The molecule has 0 spiro atoms. The van der Waals surface area contributed by atoms with Crippen molar-refractivity contribution < 1.29 is 9.53 Å². The van der Waals surface area contributed by atoms with Gasteiger partial charge in [0.1, 0.15) is 0 Å². The Labute approximate surface area is 125 Å². The lowest BCUT2D eigenvalue weighted by Gasteiger charge is -2.22. The predicted octanol–water partition coefficient (Wildman–Crippen LogP) is 2.96. The van der Waals surface area contributed by atoms with E-state index in [1.807, 2.05) is 30.3 Å². The minimum absolute atomic E-state index is 0.169. The van der Waals surface area contributed by atoms with E-state index in [1.165, 1.54) is 18.2 Å². The van der Waals surface area contributed by atoms with Crippen molar-refractivity contribution in [3.05, 3.63) is 71.3 Å². The van der Waals surface area contributed by atoms with Crippen molar-refractivity contribution in [2.24, 2.45) is 0 Å². The highest BCUT2D eigenvalue weighted by atomic mass is 16.5. The zero-order chi connectivity index (χ0) is 14.7. The zero-order valence-corrected chi connectivity index (χ0v) is 12.2. The Hall–Kier alpha value is -2.13. The molecule has 21 heavy (non-hydrogen) atoms. The molecule has 1 unspecified atom stereocenters. The van der Waals surface area contributed by atoms with E-state index >= 15 is 0 Å². The lowest BCUT2D eigenvalue weighted by atomic mass is 9.99. The minimum atomic E-state index is -0.231. The molecule has 0 amide bonds. The third kappa shape index (κ3) is 2.98. The van der Waals surface area contributed by atoms with Crippen LogP contribution in [0.1, 0.15) is 22.6 Å². The number of methoxy groups -OCH3 is 1. The van der Waals surface area contributed by atoms with Crippen LogP contribution in [0.2, 0.25) is 0 Å². The summed E-state index contributed by atoms with van der Waals surface area (Å²) in [6, 6.07) is 18.3. The fourth-order valence-electron chi connectivity index (χ4n) is 2.93. The van der Waals surface area contributed by atoms with Gasteiger partial charge in [-0.25, -0.2) is 0 Å². The van der Waals surface area contributed by atoms with Crippen molar-refractivity contribution in [1.82, 2.24) is 4.90 Å². The first-order valence-electron chi connectivity index (χ1n) is 7.20. The molecule has 0 fully saturated rings. The molecule has 0 saturated heterocycles. The number of hydrogen-bond acceptors (Lipinski definition) is 3. The summed E-state index contributed by atoms with van der Waals surface area (Å²) in [5, 5.41) is 0. The second kappa shape index (κ2) is 6.10. The van der Waals surface area contributed by atoms with Crippen LogP contribution in [0.4, 0.5) is 0 Å². The molecule has 2 aromatic rings. The van der Waals surface area contributed by atoms with Gasteiger partial charge in [0, 0.05) is 19.6 Å². The van der Waals surface area contributed by atoms with Gasteiger partial charge in [0.2, 0.25) is 0 Å². The van der Waals surface area contributed by atoms with Crippen molar-refractivity contribution in [2.75, 3.05) is 13.7 Å². The molecule has 0 saturated carbocycles. The van der Waals surface area contributed by atoms with Crippen LogP contribution in [0.5, 0.6) is 0 Å². The van der Waals surface area contributed by atoms with Crippen LogP contribution in [-0.4, -0.2) is 24.5 Å². The molecule has 0 bridgehead atoms. The zero-order valence-electron chi connectivity index (χ0n) is 12.2. The number of benzene rings is 2. The van der Waals surface area contributed by atoms with E-state index in [0.29, 0.717) is 6.54 Å². The second-order valence-corrected chi connectivity index (χ2v) is 5.42. The summed E-state index contributed by atoms with van der Waals surface area (Å²) in [4.78, 5) is 14.4. The van der Waals surface area contributed by atoms with Gasteiger partial charge in [-0.3, -0.25) is 9.69 Å². The number of esters is 1. The molecule has 3 rings (SSSR count). The maximum atomic E-state index is 12.1. The molecular weight excluding hydrogens is 262 g/mol. The van der Waals surface area contributed by atoms with E-state index in [2.05, 4.69) is 29.2 Å². The average Bonchev–Trinajstić information content (AvgIpc) is 2.95. The molecule has 108 valence electrons. The number of nitrogens with zero attached hydrogens (tertiary/aromatic N) is 1. The van der Waals surface area contributed by atoms with E-state index in [9.17, 15) is 4.79 Å². The summed E-state index contributed by atoms with van der Waals surface area (Å²) in [5.41, 5.74) is 3.73. The third-order valence-corrected chi connectivity index (χ3v) is 4.03. The van der Waals surface area contributed by atoms with Crippen molar-refractivity contribution in [1.29, 1.82) is 0 Å². The Kier molecular flexibility index (Phi) is 4.02. The van der Waals surface area contributed by atoms with Crippen molar-refractivity contribution in [3.8, 4) is 0 Å². The summed E-state index contributed by atoms with van der Waals surface area (Å²) >= 11 is 0. The largest absolute Gasteiger partial charge is 0.469 e. The fraction of sp³-hybridized carbons (Fsp3) is 0.278. The highest BCUT2D eigenvalue weighted by Crippen LogP contribution is 2.26. The molecule has 0 aliphatic carbocycles. The molecule has 3 heteroatoms. The fourth-order valence-corrected chi connectivity index (χ4v) is 2.93. The SMILES string of the molecule is COC(=O)C(CN1Cc2ccccc2C1)c1ccccc1. The number of fused-ring (bicyclic) bond motifs is 1. The minimum Gasteiger partial charge on any atom is -0.469 e. The van der Waals surface area contributed by atoms with Crippen molar-refractivity contribution >= 4 is 5.97 Å². The number of ether oxygens (including phenoxy) is 1. The van der Waals surface area contributed by atoms with Crippen LogP contribution < -0.4 is 0 Å². The molecule has 1 aliphatic heterocycles. The van der Waals surface area contributed by atoms with Gasteiger partial charge in [0.05, 0.1) is 13.0 Å². The van der Waals surface area contributed by atoms with Crippen LogP contribution >= 0.6 is 0 Å². The number of carbonyl (C=O) groups is 1. The Morgan fingerprint density at radius 3 is 2.19 bits per heavy atom. The first-order chi connectivity index (χ1) is 10.3. The maximum absolute atomic E-state index is 12.1. The first kappa shape index (κ1) is 13.8. The molecule has 3 nitrogen and oxygen atoms in total. The predicted molar refractivity (Wildman–Crippen MR) is 81.8 cm³/mol. The highest BCUT2D eigenvalue weighted by Gasteiger charge is 2.27. The summed E-state index contributed by atoms with van der Waals surface area (Å²) in [6.07, 6.45) is 0. The third-order valence-electron chi connectivity index (χ3n) is 4.03. The van der Waals surface area contributed by atoms with Gasteiger partial charge in [-0.2, -0.15) is 0 Å². The second-order valence-electron chi connectivity index (χ2n) is 5.42. The Bertz CT molecular complexity index is 599. The van der Waals surface area contributed by atoms with Crippen LogP contribution in [0.25, 0.3) is 0 Å². The van der Waals surface area contributed by atoms with Crippen LogP contribution in [0.15, 0.2) is 54.6 Å². The molecule has 1 heterocycles. The highest BCUT2D eigenvalue weighted by molar-refractivity contribution is 5.78. The van der Waals surface area contributed by atoms with Gasteiger partial charge in [0.25, 0.3) is 0 Å². The van der Waals surface area contributed by atoms with Crippen molar-refractivity contribution in [2.45, 2.75) is 19.0 Å². The summed E-state index contributed by atoms with van der Waals surface area (Å²) in [7, 11) is 1.46. The number of hydrogen-bond donors (Lipinski definition) is 0. The van der Waals surface area contributed by atoms with E-state index in [-0.39, 0.29) is 11.9 Å². The van der Waals surface area contributed by atoms with E-state index in [0.717, 1.165) is 18.7 Å². The number of carbonyl (C=O) groups excluding carboxylic acids is 1. The molecule has 0 N–H and O–H groups in total. The van der Waals surface area contributed by atoms with Gasteiger partial charge in [-0.05, 0) is 16.7 Å². The summed E-state index contributed by atoms with van der Waals surface area (Å²) in [5.74, 6) is -0.400. The van der Waals surface area contributed by atoms with Crippen LogP contribution in [0, 0.1) is 0 Å². The maximum Gasteiger partial charge on any atom is 0.314 e. The van der Waals surface area contributed by atoms with Crippen molar-refractivity contribution in [3.63, 3.8) is 0 Å². The Morgan fingerprint density at radius 2 is 1.62 bits per heavy atom. The van der Waals surface area contributed by atoms with Gasteiger partial charge < -0.3 is 4.74 Å². The Morgan fingerprint density at radius 1 is 1.05 bits per heavy atom. The molecular formula is C18H19NO2. The number of rotatable bonds is 4.